The van der Waals surface area contributed by atoms with Crippen molar-refractivity contribution >= 4 is 5.91 Å². The fourth-order valence-corrected chi connectivity index (χ4v) is 2.74. The minimum absolute atomic E-state index is 0.276. The van der Waals surface area contributed by atoms with E-state index < -0.39 is 5.54 Å². The second-order valence-electron chi connectivity index (χ2n) is 6.09. The second-order valence-corrected chi connectivity index (χ2v) is 6.09. The third-order valence-corrected chi connectivity index (χ3v) is 4.35. The molecule has 1 heterocycles. The lowest BCUT2D eigenvalue weighted by Gasteiger charge is -2.27. The molecule has 0 bridgehead atoms. The molecule has 1 aliphatic carbocycles. The first-order valence-electron chi connectivity index (χ1n) is 7.48. The van der Waals surface area contributed by atoms with E-state index >= 15 is 0 Å². The number of aryl methyl sites for hydroxylation is 2. The molecule has 1 aromatic heterocycles. The first kappa shape index (κ1) is 15.0. The highest BCUT2D eigenvalue weighted by molar-refractivity contribution is 5.84. The van der Waals surface area contributed by atoms with E-state index in [1.807, 2.05) is 18.5 Å². The van der Waals surface area contributed by atoms with Crippen LogP contribution in [0.4, 0.5) is 0 Å². The Labute approximate surface area is 120 Å². The van der Waals surface area contributed by atoms with Gasteiger partial charge in [-0.2, -0.15) is 5.10 Å². The van der Waals surface area contributed by atoms with E-state index in [-0.39, 0.29) is 5.91 Å². The van der Waals surface area contributed by atoms with Gasteiger partial charge in [0, 0.05) is 18.3 Å². The number of hydrogen-bond donors (Lipinski definition) is 2. The molecule has 1 unspecified atom stereocenters. The van der Waals surface area contributed by atoms with E-state index in [4.69, 9.17) is 5.73 Å². The highest BCUT2D eigenvalue weighted by Gasteiger charge is 2.36. The lowest BCUT2D eigenvalue weighted by Crippen LogP contribution is -2.54. The quantitative estimate of drug-likeness (QED) is 0.793. The van der Waals surface area contributed by atoms with Gasteiger partial charge in [-0.15, -0.1) is 0 Å². The zero-order valence-electron chi connectivity index (χ0n) is 13.0. The molecule has 20 heavy (non-hydrogen) atoms. The standard InChI is InChI=1S/C15H26N4O/c1-5-13-10(2)18-19(11(13)3)9-8-15(4,14(16)20)17-12-6-7-12/h12,17H,5-9H2,1-4H3,(H2,16,20). The van der Waals surface area contributed by atoms with Crippen LogP contribution in [-0.4, -0.2) is 27.3 Å². The van der Waals surface area contributed by atoms with Crippen molar-refractivity contribution in [1.29, 1.82) is 0 Å². The topological polar surface area (TPSA) is 72.9 Å². The van der Waals surface area contributed by atoms with Gasteiger partial charge >= 0.3 is 0 Å². The summed E-state index contributed by atoms with van der Waals surface area (Å²) in [7, 11) is 0. The first-order valence-corrected chi connectivity index (χ1v) is 7.48. The highest BCUT2D eigenvalue weighted by atomic mass is 16.1. The second kappa shape index (κ2) is 5.56. The van der Waals surface area contributed by atoms with Crippen molar-refractivity contribution in [2.75, 3.05) is 0 Å². The van der Waals surface area contributed by atoms with Crippen LogP contribution in [0.25, 0.3) is 0 Å². The maximum atomic E-state index is 11.7. The van der Waals surface area contributed by atoms with Crippen LogP contribution in [0.2, 0.25) is 0 Å². The molecule has 1 aromatic rings. The summed E-state index contributed by atoms with van der Waals surface area (Å²) in [6.07, 6.45) is 3.94. The average Bonchev–Trinajstić information content (AvgIpc) is 3.13. The summed E-state index contributed by atoms with van der Waals surface area (Å²) in [6.45, 7) is 8.89. The number of hydrogen-bond acceptors (Lipinski definition) is 3. The van der Waals surface area contributed by atoms with Crippen LogP contribution >= 0.6 is 0 Å². The molecule has 1 fully saturated rings. The Morgan fingerprint density at radius 2 is 2.15 bits per heavy atom. The van der Waals surface area contributed by atoms with Crippen LogP contribution in [0.15, 0.2) is 0 Å². The number of rotatable bonds is 7. The van der Waals surface area contributed by atoms with Crippen molar-refractivity contribution < 1.29 is 4.79 Å². The Morgan fingerprint density at radius 3 is 2.60 bits per heavy atom. The molecule has 0 radical (unpaired) electrons. The molecule has 0 spiro atoms. The molecule has 112 valence electrons. The largest absolute Gasteiger partial charge is 0.368 e. The summed E-state index contributed by atoms with van der Waals surface area (Å²) in [5.74, 6) is -0.276. The molecular formula is C15H26N4O. The summed E-state index contributed by atoms with van der Waals surface area (Å²) >= 11 is 0. The van der Waals surface area contributed by atoms with E-state index in [1.165, 1.54) is 11.3 Å². The average molecular weight is 278 g/mol. The fourth-order valence-electron chi connectivity index (χ4n) is 2.74. The molecule has 1 aliphatic rings. The molecule has 1 amide bonds. The monoisotopic (exact) mass is 278 g/mol. The van der Waals surface area contributed by atoms with Crippen molar-refractivity contribution in [1.82, 2.24) is 15.1 Å². The van der Waals surface area contributed by atoms with Gasteiger partial charge in [0.05, 0.1) is 11.2 Å². The molecule has 5 nitrogen and oxygen atoms in total. The van der Waals surface area contributed by atoms with E-state index in [0.717, 1.165) is 25.0 Å². The van der Waals surface area contributed by atoms with Crippen molar-refractivity contribution in [2.45, 2.75) is 71.5 Å². The summed E-state index contributed by atoms with van der Waals surface area (Å²) in [5, 5.41) is 7.95. The summed E-state index contributed by atoms with van der Waals surface area (Å²) in [4.78, 5) is 11.7. The summed E-state index contributed by atoms with van der Waals surface area (Å²) < 4.78 is 2.00. The Hall–Kier alpha value is -1.36. The number of nitrogens with one attached hydrogen (secondary N) is 1. The maximum absolute atomic E-state index is 11.7. The zero-order chi connectivity index (χ0) is 14.9. The molecule has 1 atom stereocenters. The minimum atomic E-state index is -0.639. The van der Waals surface area contributed by atoms with Gasteiger partial charge in [-0.1, -0.05) is 6.92 Å². The van der Waals surface area contributed by atoms with Gasteiger partial charge in [-0.3, -0.25) is 9.48 Å². The van der Waals surface area contributed by atoms with Crippen molar-refractivity contribution in [3.63, 3.8) is 0 Å². The number of aromatic nitrogens is 2. The highest BCUT2D eigenvalue weighted by Crippen LogP contribution is 2.24. The molecule has 2 rings (SSSR count). The number of carbonyl (C=O) groups is 1. The smallest absolute Gasteiger partial charge is 0.237 e. The van der Waals surface area contributed by atoms with Gasteiger partial charge in [0.25, 0.3) is 0 Å². The summed E-state index contributed by atoms with van der Waals surface area (Å²) in [6, 6.07) is 0.458. The Balaban J connectivity index is 2.07. The number of primary amides is 1. The van der Waals surface area contributed by atoms with Gasteiger partial charge in [-0.05, 0) is 52.0 Å². The lowest BCUT2D eigenvalue weighted by atomic mass is 9.96. The van der Waals surface area contributed by atoms with Crippen molar-refractivity contribution in [3.05, 3.63) is 17.0 Å². The SMILES string of the molecule is CCc1c(C)nn(CCC(C)(NC2CC2)C(N)=O)c1C. The predicted octanol–water partition coefficient (Wildman–Crippen LogP) is 1.45. The Bertz CT molecular complexity index is 504. The lowest BCUT2D eigenvalue weighted by molar-refractivity contribution is -0.124. The molecule has 0 aromatic carbocycles. The molecular weight excluding hydrogens is 252 g/mol. The molecule has 3 N–H and O–H groups in total. The minimum Gasteiger partial charge on any atom is -0.368 e. The van der Waals surface area contributed by atoms with E-state index in [9.17, 15) is 4.79 Å². The van der Waals surface area contributed by atoms with Crippen LogP contribution in [-0.2, 0) is 17.8 Å². The van der Waals surface area contributed by atoms with Crippen molar-refractivity contribution in [3.8, 4) is 0 Å². The number of amides is 1. The van der Waals surface area contributed by atoms with Gasteiger partial charge in [0.15, 0.2) is 0 Å². The van der Waals surface area contributed by atoms with Gasteiger partial charge in [0.2, 0.25) is 5.91 Å². The van der Waals surface area contributed by atoms with Gasteiger partial charge < -0.3 is 11.1 Å². The first-order chi connectivity index (χ1) is 9.37. The van der Waals surface area contributed by atoms with E-state index in [0.29, 0.717) is 19.0 Å². The molecule has 1 saturated carbocycles. The van der Waals surface area contributed by atoms with E-state index in [2.05, 4.69) is 24.3 Å². The molecule has 0 saturated heterocycles. The zero-order valence-corrected chi connectivity index (χ0v) is 13.0. The normalized spacial score (nSPS) is 18.0. The maximum Gasteiger partial charge on any atom is 0.237 e. The van der Waals surface area contributed by atoms with Crippen LogP contribution in [0.1, 0.15) is 50.1 Å². The molecule has 0 aliphatic heterocycles. The van der Waals surface area contributed by atoms with Crippen LogP contribution < -0.4 is 11.1 Å². The predicted molar refractivity (Wildman–Crippen MR) is 79.5 cm³/mol. The molecule has 5 heteroatoms. The Kier molecular flexibility index (Phi) is 4.18. The third-order valence-electron chi connectivity index (χ3n) is 4.35. The number of nitrogens with zero attached hydrogens (tertiary/aromatic N) is 2. The van der Waals surface area contributed by atoms with Crippen LogP contribution in [0.3, 0.4) is 0 Å². The van der Waals surface area contributed by atoms with Crippen LogP contribution in [0, 0.1) is 13.8 Å². The summed E-state index contributed by atoms with van der Waals surface area (Å²) in [5.41, 5.74) is 8.53. The van der Waals surface area contributed by atoms with E-state index in [1.54, 1.807) is 0 Å². The fraction of sp³-hybridized carbons (Fsp3) is 0.733. The third kappa shape index (κ3) is 3.03. The van der Waals surface area contributed by atoms with Gasteiger partial charge in [0.1, 0.15) is 0 Å². The van der Waals surface area contributed by atoms with Crippen LogP contribution in [0.5, 0.6) is 0 Å². The van der Waals surface area contributed by atoms with Gasteiger partial charge in [-0.25, -0.2) is 0 Å². The number of carbonyl (C=O) groups excluding carboxylic acids is 1. The van der Waals surface area contributed by atoms with Crippen molar-refractivity contribution in [2.24, 2.45) is 5.73 Å². The number of nitrogens with two attached hydrogens (primary N) is 1. The Morgan fingerprint density at radius 1 is 1.50 bits per heavy atom.